The maximum absolute atomic E-state index is 13.3. The number of ketones is 1. The minimum atomic E-state index is -0.261. The van der Waals surface area contributed by atoms with Crippen LogP contribution in [0.2, 0.25) is 0 Å². The number of H-pyrrole nitrogens is 1. The van der Waals surface area contributed by atoms with E-state index in [2.05, 4.69) is 34.6 Å². The van der Waals surface area contributed by atoms with Gasteiger partial charge < -0.3 is 10.3 Å². The van der Waals surface area contributed by atoms with Crippen molar-refractivity contribution < 1.29 is 4.79 Å². The van der Waals surface area contributed by atoms with Crippen LogP contribution in [0, 0.1) is 5.92 Å². The van der Waals surface area contributed by atoms with Gasteiger partial charge in [-0.1, -0.05) is 67.4 Å². The molecule has 3 heteroatoms. The molecular formula is C25H26N2O. The Hall–Kier alpha value is -2.65. The highest BCUT2D eigenvalue weighted by atomic mass is 16.1. The van der Waals surface area contributed by atoms with Gasteiger partial charge in [0.1, 0.15) is 0 Å². The molecule has 0 saturated heterocycles. The second-order valence-corrected chi connectivity index (χ2v) is 8.12. The number of allylic oxidation sites excluding steroid dienone is 1. The van der Waals surface area contributed by atoms with Crippen LogP contribution in [0.25, 0.3) is 17.0 Å². The molecule has 3 nitrogen and oxygen atoms in total. The molecule has 5 rings (SSSR count). The number of hydrogen-bond donors (Lipinski definition) is 2. The molecular weight excluding hydrogens is 344 g/mol. The molecule has 0 radical (unpaired) electrons. The predicted octanol–water partition coefficient (Wildman–Crippen LogP) is 4.98. The zero-order chi connectivity index (χ0) is 19.0. The summed E-state index contributed by atoms with van der Waals surface area (Å²) in [4.78, 5) is 17.0. The van der Waals surface area contributed by atoms with E-state index in [9.17, 15) is 4.79 Å². The Kier molecular flexibility index (Phi) is 4.40. The number of nitrogens with one attached hydrogen (secondary N) is 2. The Morgan fingerprint density at radius 1 is 1.04 bits per heavy atom. The molecule has 28 heavy (non-hydrogen) atoms. The fraction of sp³-hybridized carbons (Fsp3) is 0.320. The number of para-hydroxylation sites is 1. The summed E-state index contributed by atoms with van der Waals surface area (Å²) in [6, 6.07) is 18.6. The maximum atomic E-state index is 13.3. The molecule has 2 atom stereocenters. The van der Waals surface area contributed by atoms with Crippen molar-refractivity contribution in [1.29, 1.82) is 0 Å². The second-order valence-electron chi connectivity index (χ2n) is 8.12. The van der Waals surface area contributed by atoms with Gasteiger partial charge in [0.2, 0.25) is 0 Å². The van der Waals surface area contributed by atoms with Gasteiger partial charge in [-0.2, -0.15) is 0 Å². The zero-order valence-electron chi connectivity index (χ0n) is 16.1. The van der Waals surface area contributed by atoms with Crippen LogP contribution in [0.4, 0.5) is 0 Å². The molecule has 1 spiro atoms. The Balaban J connectivity index is 1.55. The summed E-state index contributed by atoms with van der Waals surface area (Å²) >= 11 is 0. The number of carbonyl (C=O) groups is 1. The number of benzene rings is 2. The van der Waals surface area contributed by atoms with Gasteiger partial charge in [0.15, 0.2) is 5.78 Å². The number of aromatic amines is 1. The van der Waals surface area contributed by atoms with Crippen LogP contribution in [0.5, 0.6) is 0 Å². The summed E-state index contributed by atoms with van der Waals surface area (Å²) in [6.45, 7) is 0.932. The number of fused-ring (bicyclic) bond motifs is 4. The molecule has 2 aromatic carbocycles. The molecule has 1 aromatic heterocycles. The first-order valence-corrected chi connectivity index (χ1v) is 10.4. The van der Waals surface area contributed by atoms with Crippen LogP contribution in [-0.2, 0) is 16.8 Å². The van der Waals surface area contributed by atoms with E-state index >= 15 is 0 Å². The molecule has 0 bridgehead atoms. The highest BCUT2D eigenvalue weighted by molar-refractivity contribution is 5.97. The quantitative estimate of drug-likeness (QED) is 0.639. The van der Waals surface area contributed by atoms with Crippen LogP contribution in [0.3, 0.4) is 0 Å². The van der Waals surface area contributed by atoms with Crippen LogP contribution in [0.1, 0.15) is 42.5 Å². The predicted molar refractivity (Wildman–Crippen MR) is 114 cm³/mol. The first-order chi connectivity index (χ1) is 13.8. The third-order valence-electron chi connectivity index (χ3n) is 6.57. The molecule has 1 saturated carbocycles. The van der Waals surface area contributed by atoms with Gasteiger partial charge in [-0.15, -0.1) is 0 Å². The molecule has 0 amide bonds. The number of aromatic nitrogens is 1. The minimum absolute atomic E-state index is 0.0201. The van der Waals surface area contributed by atoms with Crippen molar-refractivity contribution in [2.45, 2.75) is 37.6 Å². The van der Waals surface area contributed by atoms with E-state index in [1.165, 1.54) is 22.2 Å². The fourth-order valence-electron chi connectivity index (χ4n) is 5.27. The van der Waals surface area contributed by atoms with Gasteiger partial charge >= 0.3 is 0 Å². The van der Waals surface area contributed by atoms with Gasteiger partial charge in [-0.05, 0) is 42.5 Å². The van der Waals surface area contributed by atoms with E-state index in [0.29, 0.717) is 0 Å². The third-order valence-corrected chi connectivity index (χ3v) is 6.57. The van der Waals surface area contributed by atoms with Gasteiger partial charge in [0.25, 0.3) is 0 Å². The summed E-state index contributed by atoms with van der Waals surface area (Å²) < 4.78 is 0. The lowest BCUT2D eigenvalue weighted by atomic mass is 9.66. The number of carbonyl (C=O) groups excluding carboxylic acids is 1. The summed E-state index contributed by atoms with van der Waals surface area (Å²) in [7, 11) is 0. The van der Waals surface area contributed by atoms with Crippen molar-refractivity contribution in [3.05, 3.63) is 77.5 Å². The van der Waals surface area contributed by atoms with Crippen LogP contribution < -0.4 is 5.32 Å². The smallest absolute Gasteiger partial charge is 0.161 e. The lowest BCUT2D eigenvalue weighted by Gasteiger charge is -2.46. The van der Waals surface area contributed by atoms with Gasteiger partial charge in [0.05, 0.1) is 5.54 Å². The summed E-state index contributed by atoms with van der Waals surface area (Å²) in [6.07, 6.45) is 9.01. The standard InChI is InChI=1S/C25H26N2O/c28-23(14-13-18-8-2-1-3-9-18)21-11-6-7-16-25(21)24-20(15-17-26-25)19-10-4-5-12-22(19)27-24/h1-5,8-10,12-14,21,26-27H,6-7,11,15-17H2/b14-13+. The number of hydrogen-bond acceptors (Lipinski definition) is 2. The van der Waals surface area contributed by atoms with E-state index in [-0.39, 0.29) is 17.2 Å². The van der Waals surface area contributed by atoms with E-state index in [1.54, 1.807) is 6.08 Å². The molecule has 1 fully saturated rings. The molecule has 142 valence electrons. The Morgan fingerprint density at radius 3 is 2.75 bits per heavy atom. The molecule has 1 aliphatic carbocycles. The summed E-state index contributed by atoms with van der Waals surface area (Å²) in [5.41, 5.74) is 4.66. The van der Waals surface area contributed by atoms with Gasteiger partial charge in [0, 0.05) is 29.1 Å². The van der Waals surface area contributed by atoms with Crippen molar-refractivity contribution >= 4 is 22.8 Å². The van der Waals surface area contributed by atoms with E-state index in [1.807, 2.05) is 36.4 Å². The van der Waals surface area contributed by atoms with Gasteiger partial charge in [-0.25, -0.2) is 0 Å². The monoisotopic (exact) mass is 370 g/mol. The van der Waals surface area contributed by atoms with E-state index < -0.39 is 0 Å². The van der Waals surface area contributed by atoms with Crippen molar-refractivity contribution in [3.8, 4) is 0 Å². The summed E-state index contributed by atoms with van der Waals surface area (Å²) in [5, 5.41) is 5.11. The van der Waals surface area contributed by atoms with E-state index in [4.69, 9.17) is 0 Å². The summed E-state index contributed by atoms with van der Waals surface area (Å²) in [5.74, 6) is 0.218. The van der Waals surface area contributed by atoms with Crippen molar-refractivity contribution in [3.63, 3.8) is 0 Å². The van der Waals surface area contributed by atoms with Gasteiger partial charge in [-0.3, -0.25) is 4.79 Å². The van der Waals surface area contributed by atoms with Crippen LogP contribution in [-0.4, -0.2) is 17.3 Å². The van der Waals surface area contributed by atoms with Crippen LogP contribution in [0.15, 0.2) is 60.7 Å². The molecule has 1 aliphatic heterocycles. The topological polar surface area (TPSA) is 44.9 Å². The van der Waals surface area contributed by atoms with Crippen molar-refractivity contribution in [2.24, 2.45) is 5.92 Å². The SMILES string of the molecule is O=C(/C=C/c1ccccc1)C1CCCCC12NCCc1c2[nH]c2ccccc12. The molecule has 3 aromatic rings. The Labute approximate surface area is 165 Å². The fourth-order valence-corrected chi connectivity index (χ4v) is 5.27. The maximum Gasteiger partial charge on any atom is 0.161 e. The minimum Gasteiger partial charge on any atom is -0.357 e. The van der Waals surface area contributed by atoms with Crippen molar-refractivity contribution in [2.75, 3.05) is 6.54 Å². The third kappa shape index (κ3) is 2.82. The normalized spacial score (nSPS) is 24.6. The average molecular weight is 370 g/mol. The lowest BCUT2D eigenvalue weighted by Crippen LogP contribution is -2.56. The number of rotatable bonds is 3. The zero-order valence-corrected chi connectivity index (χ0v) is 16.1. The highest BCUT2D eigenvalue weighted by Crippen LogP contribution is 2.46. The first-order valence-electron chi connectivity index (χ1n) is 10.4. The largest absolute Gasteiger partial charge is 0.357 e. The molecule has 2 heterocycles. The lowest BCUT2D eigenvalue weighted by molar-refractivity contribution is -0.122. The highest BCUT2D eigenvalue weighted by Gasteiger charge is 2.48. The average Bonchev–Trinajstić information content (AvgIpc) is 3.14. The Bertz CT molecular complexity index is 1030. The molecule has 2 unspecified atom stereocenters. The first kappa shape index (κ1) is 17.4. The second kappa shape index (κ2) is 7.06. The molecule has 2 N–H and O–H groups in total. The van der Waals surface area contributed by atoms with Crippen LogP contribution >= 0.6 is 0 Å². The van der Waals surface area contributed by atoms with Crippen molar-refractivity contribution in [1.82, 2.24) is 10.3 Å². The molecule has 2 aliphatic rings. The van der Waals surface area contributed by atoms with E-state index in [0.717, 1.165) is 44.2 Å². The Morgan fingerprint density at radius 2 is 1.86 bits per heavy atom.